The number of benzene rings is 1. The molecule has 1 aromatic heterocycles. The minimum absolute atomic E-state index is 0.0560. The summed E-state index contributed by atoms with van der Waals surface area (Å²) in [5.41, 5.74) is 6.62. The number of nitrogens with one attached hydrogen (secondary N) is 2. The summed E-state index contributed by atoms with van der Waals surface area (Å²) in [6.45, 7) is 0. The van der Waals surface area contributed by atoms with Gasteiger partial charge < -0.3 is 5.73 Å². The topological polar surface area (TPSA) is 114 Å². The lowest BCUT2D eigenvalue weighted by Gasteiger charge is -2.10. The molecular formula is C13H17N5O2S. The van der Waals surface area contributed by atoms with Gasteiger partial charge in [0.05, 0.1) is 17.5 Å². The zero-order valence-electron chi connectivity index (χ0n) is 11.6. The summed E-state index contributed by atoms with van der Waals surface area (Å²) >= 11 is 0. The molecule has 0 aliphatic heterocycles. The van der Waals surface area contributed by atoms with Crippen LogP contribution >= 0.6 is 0 Å². The highest BCUT2D eigenvalue weighted by Gasteiger charge is 2.18. The van der Waals surface area contributed by atoms with Crippen molar-refractivity contribution in [1.29, 1.82) is 5.41 Å². The number of amidine groups is 1. The maximum Gasteiger partial charge on any atom is 0.234 e. The zero-order valence-corrected chi connectivity index (χ0v) is 12.4. The summed E-state index contributed by atoms with van der Waals surface area (Å²) in [5.74, 6) is -0.0843. The van der Waals surface area contributed by atoms with Crippen LogP contribution in [0.15, 0.2) is 36.5 Å². The van der Waals surface area contributed by atoms with Crippen molar-refractivity contribution in [2.24, 2.45) is 12.8 Å². The van der Waals surface area contributed by atoms with Crippen LogP contribution in [-0.4, -0.2) is 29.8 Å². The molecule has 2 aromatic rings. The van der Waals surface area contributed by atoms with Crippen LogP contribution < -0.4 is 10.5 Å². The van der Waals surface area contributed by atoms with Gasteiger partial charge in [0.15, 0.2) is 0 Å². The molecule has 0 radical (unpaired) electrons. The van der Waals surface area contributed by atoms with Gasteiger partial charge in [0.1, 0.15) is 11.7 Å². The number of nitrogens with zero attached hydrogens (tertiary/aromatic N) is 2. The van der Waals surface area contributed by atoms with Gasteiger partial charge in [-0.15, -0.1) is 0 Å². The molecule has 1 heterocycles. The first-order chi connectivity index (χ1) is 9.89. The number of nitrogen functional groups attached to an aromatic ring is 1. The Kier molecular flexibility index (Phi) is 4.27. The predicted molar refractivity (Wildman–Crippen MR) is 81.8 cm³/mol. The van der Waals surface area contributed by atoms with Crippen molar-refractivity contribution < 1.29 is 8.42 Å². The molecule has 2 rings (SSSR count). The molecule has 21 heavy (non-hydrogen) atoms. The fourth-order valence-corrected chi connectivity index (χ4v) is 2.99. The molecule has 0 fully saturated rings. The molecule has 112 valence electrons. The number of nitrogens with two attached hydrogens (primary N) is 1. The lowest BCUT2D eigenvalue weighted by molar-refractivity contribution is 0.599. The third-order valence-electron chi connectivity index (χ3n) is 2.98. The summed E-state index contributed by atoms with van der Waals surface area (Å²) in [6.07, 6.45) is 1.76. The van der Waals surface area contributed by atoms with Crippen LogP contribution in [0.1, 0.15) is 11.1 Å². The molecule has 0 aliphatic rings. The largest absolute Gasteiger partial charge is 0.384 e. The molecule has 0 atom stereocenters. The molecular weight excluding hydrogens is 290 g/mol. The van der Waals surface area contributed by atoms with Crippen LogP contribution in [-0.2, 0) is 23.5 Å². The maximum absolute atomic E-state index is 12.1. The standard InChI is InChI=1S/C13H17N5O2S/c1-18-13(11(9-16-18)12(14)15)17-21(19,20)8-7-10-5-3-2-4-6-10/h2-6,9,17H,7-8H2,1H3,(H3,14,15). The Balaban J connectivity index is 2.11. The van der Waals surface area contributed by atoms with E-state index in [4.69, 9.17) is 11.1 Å². The van der Waals surface area contributed by atoms with Crippen LogP contribution in [0.5, 0.6) is 0 Å². The minimum Gasteiger partial charge on any atom is -0.384 e. The number of hydrogen-bond acceptors (Lipinski definition) is 4. The first-order valence-electron chi connectivity index (χ1n) is 6.30. The molecule has 0 amide bonds. The smallest absolute Gasteiger partial charge is 0.234 e. The average Bonchev–Trinajstić information content (AvgIpc) is 2.79. The number of hydrogen-bond donors (Lipinski definition) is 3. The summed E-state index contributed by atoms with van der Waals surface area (Å²) < 4.78 is 28.1. The zero-order chi connectivity index (χ0) is 15.5. The Morgan fingerprint density at radius 1 is 1.38 bits per heavy atom. The van der Waals surface area contributed by atoms with Crippen LogP contribution in [0.4, 0.5) is 5.82 Å². The van der Waals surface area contributed by atoms with Gasteiger partial charge in [-0.2, -0.15) is 5.10 Å². The fourth-order valence-electron chi connectivity index (χ4n) is 1.85. The van der Waals surface area contributed by atoms with E-state index in [2.05, 4.69) is 9.82 Å². The first kappa shape index (κ1) is 15.0. The number of rotatable bonds is 6. The van der Waals surface area contributed by atoms with Crippen molar-refractivity contribution >= 4 is 21.7 Å². The Labute approximate surface area is 123 Å². The second-order valence-corrected chi connectivity index (χ2v) is 6.44. The molecule has 4 N–H and O–H groups in total. The monoisotopic (exact) mass is 307 g/mol. The van der Waals surface area contributed by atoms with E-state index in [-0.39, 0.29) is 23.0 Å². The van der Waals surface area contributed by atoms with E-state index in [1.54, 1.807) is 7.05 Å². The summed E-state index contributed by atoms with van der Waals surface area (Å²) in [5, 5.41) is 11.3. The van der Waals surface area contributed by atoms with Gasteiger partial charge in [-0.25, -0.2) is 8.42 Å². The molecule has 0 spiro atoms. The molecule has 0 saturated heterocycles. The van der Waals surface area contributed by atoms with Crippen LogP contribution in [0.25, 0.3) is 0 Å². The molecule has 7 nitrogen and oxygen atoms in total. The van der Waals surface area contributed by atoms with Crippen molar-refractivity contribution in [2.45, 2.75) is 6.42 Å². The molecule has 0 saturated carbocycles. The van der Waals surface area contributed by atoms with E-state index in [1.807, 2.05) is 30.3 Å². The molecule has 0 bridgehead atoms. The van der Waals surface area contributed by atoms with Crippen LogP contribution in [0.2, 0.25) is 0 Å². The quantitative estimate of drug-likeness (QED) is 0.538. The van der Waals surface area contributed by atoms with E-state index in [1.165, 1.54) is 10.9 Å². The van der Waals surface area contributed by atoms with Crippen molar-refractivity contribution in [3.05, 3.63) is 47.7 Å². The van der Waals surface area contributed by atoms with Crippen LogP contribution in [0.3, 0.4) is 0 Å². The van der Waals surface area contributed by atoms with Gasteiger partial charge in [0.25, 0.3) is 0 Å². The number of sulfonamides is 1. The second-order valence-electron chi connectivity index (χ2n) is 4.60. The van der Waals surface area contributed by atoms with Gasteiger partial charge >= 0.3 is 0 Å². The Morgan fingerprint density at radius 2 is 2.05 bits per heavy atom. The minimum atomic E-state index is -3.54. The van der Waals surface area contributed by atoms with E-state index in [9.17, 15) is 8.42 Å². The normalized spacial score (nSPS) is 11.3. The fraction of sp³-hybridized carbons (Fsp3) is 0.231. The lowest BCUT2D eigenvalue weighted by atomic mass is 10.2. The molecule has 0 aliphatic carbocycles. The van der Waals surface area contributed by atoms with E-state index >= 15 is 0 Å². The summed E-state index contributed by atoms with van der Waals surface area (Å²) in [7, 11) is -1.96. The third kappa shape index (κ3) is 3.82. The van der Waals surface area contributed by atoms with Gasteiger partial charge in [-0.3, -0.25) is 14.8 Å². The van der Waals surface area contributed by atoms with E-state index in [0.29, 0.717) is 6.42 Å². The van der Waals surface area contributed by atoms with Crippen molar-refractivity contribution in [1.82, 2.24) is 9.78 Å². The van der Waals surface area contributed by atoms with E-state index in [0.717, 1.165) is 5.56 Å². The second kappa shape index (κ2) is 5.96. The van der Waals surface area contributed by atoms with Crippen molar-refractivity contribution in [3.63, 3.8) is 0 Å². The summed E-state index contributed by atoms with van der Waals surface area (Å²) in [4.78, 5) is 0. The van der Waals surface area contributed by atoms with Gasteiger partial charge in [-0.05, 0) is 12.0 Å². The Hall–Kier alpha value is -2.35. The highest BCUT2D eigenvalue weighted by Crippen LogP contribution is 2.15. The molecule has 8 heteroatoms. The highest BCUT2D eigenvalue weighted by molar-refractivity contribution is 7.92. The molecule has 1 aromatic carbocycles. The van der Waals surface area contributed by atoms with Gasteiger partial charge in [-0.1, -0.05) is 30.3 Å². The average molecular weight is 307 g/mol. The van der Waals surface area contributed by atoms with Gasteiger partial charge in [0, 0.05) is 7.05 Å². The SMILES string of the molecule is Cn1ncc(C(=N)N)c1NS(=O)(=O)CCc1ccccc1. The predicted octanol–water partition coefficient (Wildman–Crippen LogP) is 0.689. The highest BCUT2D eigenvalue weighted by atomic mass is 32.2. The van der Waals surface area contributed by atoms with E-state index < -0.39 is 10.0 Å². The van der Waals surface area contributed by atoms with Crippen LogP contribution in [0, 0.1) is 5.41 Å². The first-order valence-corrected chi connectivity index (χ1v) is 7.95. The lowest BCUT2D eigenvalue weighted by Crippen LogP contribution is -2.22. The maximum atomic E-state index is 12.1. The Bertz CT molecular complexity index is 737. The number of anilines is 1. The Morgan fingerprint density at radius 3 is 2.67 bits per heavy atom. The van der Waals surface area contributed by atoms with Gasteiger partial charge in [0.2, 0.25) is 10.0 Å². The summed E-state index contributed by atoms with van der Waals surface area (Å²) in [6, 6.07) is 9.36. The number of aromatic nitrogens is 2. The number of aryl methyl sites for hydroxylation is 2. The molecule has 0 unspecified atom stereocenters. The van der Waals surface area contributed by atoms with Crippen molar-refractivity contribution in [2.75, 3.05) is 10.5 Å². The van der Waals surface area contributed by atoms with Crippen molar-refractivity contribution in [3.8, 4) is 0 Å². The third-order valence-corrected chi connectivity index (χ3v) is 4.23.